The topological polar surface area (TPSA) is 52.6 Å². The van der Waals surface area contributed by atoms with Crippen LogP contribution in [0.3, 0.4) is 0 Å². The Morgan fingerprint density at radius 3 is 2.94 bits per heavy atom. The first-order chi connectivity index (χ1) is 7.79. The van der Waals surface area contributed by atoms with Gasteiger partial charge in [0.05, 0.1) is 0 Å². The molecule has 2 atom stereocenters. The minimum absolute atomic E-state index is 0.0382. The van der Waals surface area contributed by atoms with Gasteiger partial charge in [-0.3, -0.25) is 0 Å². The van der Waals surface area contributed by atoms with E-state index in [2.05, 4.69) is 17.5 Å². The van der Waals surface area contributed by atoms with E-state index in [4.69, 9.17) is 5.11 Å². The summed E-state index contributed by atoms with van der Waals surface area (Å²) >= 11 is 0. The molecule has 0 aromatic heterocycles. The Morgan fingerprint density at radius 2 is 2.31 bits per heavy atom. The molecule has 2 N–H and O–H groups in total. The van der Waals surface area contributed by atoms with E-state index >= 15 is 0 Å². The summed E-state index contributed by atoms with van der Waals surface area (Å²) in [5.74, 6) is 0.275. The summed E-state index contributed by atoms with van der Waals surface area (Å²) in [6, 6.07) is 0.335. The number of carbonyl (C=O) groups is 1. The van der Waals surface area contributed by atoms with Gasteiger partial charge in [0.15, 0.2) is 0 Å². The van der Waals surface area contributed by atoms with Gasteiger partial charge in [-0.15, -0.1) is 0 Å². The predicted octanol–water partition coefficient (Wildman–Crippen LogP) is 1.12. The Labute approximate surface area is 96.3 Å². The Kier molecular flexibility index (Phi) is 3.83. The highest BCUT2D eigenvalue weighted by atomic mass is 16.3. The second-order valence-corrected chi connectivity index (χ2v) is 4.71. The molecule has 90 valence electrons. The maximum Gasteiger partial charge on any atom is 0.317 e. The lowest BCUT2D eigenvalue weighted by Gasteiger charge is -2.24. The van der Waals surface area contributed by atoms with Gasteiger partial charge in [-0.05, 0) is 25.7 Å². The van der Waals surface area contributed by atoms with Crippen LogP contribution in [0.5, 0.6) is 0 Å². The van der Waals surface area contributed by atoms with Crippen molar-refractivity contribution in [2.75, 3.05) is 19.7 Å². The maximum atomic E-state index is 11.9. The van der Waals surface area contributed by atoms with Crippen LogP contribution in [0.4, 0.5) is 4.79 Å². The minimum atomic E-state index is 0.0382. The molecule has 4 heteroatoms. The van der Waals surface area contributed by atoms with E-state index in [1.54, 1.807) is 0 Å². The Bertz CT molecular complexity index is 278. The Morgan fingerprint density at radius 1 is 1.44 bits per heavy atom. The SMILES string of the molecule is O=C(NC1CC=CCC1)N1CCC(CO)C1. The zero-order chi connectivity index (χ0) is 11.4. The molecule has 0 spiro atoms. The molecule has 2 amide bonds. The third-order valence-electron chi connectivity index (χ3n) is 3.43. The van der Waals surface area contributed by atoms with Crippen LogP contribution in [0.25, 0.3) is 0 Å². The van der Waals surface area contributed by atoms with Gasteiger partial charge in [-0.25, -0.2) is 4.79 Å². The fourth-order valence-electron chi connectivity index (χ4n) is 2.36. The molecule has 1 fully saturated rings. The van der Waals surface area contributed by atoms with E-state index in [-0.39, 0.29) is 18.6 Å². The largest absolute Gasteiger partial charge is 0.396 e. The van der Waals surface area contributed by atoms with Gasteiger partial charge in [-0.1, -0.05) is 12.2 Å². The first-order valence-electron chi connectivity index (χ1n) is 6.11. The van der Waals surface area contributed by atoms with E-state index in [0.717, 1.165) is 32.2 Å². The molecular formula is C12H20N2O2. The monoisotopic (exact) mass is 224 g/mol. The molecule has 1 aliphatic carbocycles. The molecular weight excluding hydrogens is 204 g/mol. The van der Waals surface area contributed by atoms with Crippen molar-refractivity contribution in [1.82, 2.24) is 10.2 Å². The second kappa shape index (κ2) is 5.34. The summed E-state index contributed by atoms with van der Waals surface area (Å²) in [7, 11) is 0. The van der Waals surface area contributed by atoms with Crippen LogP contribution in [0.1, 0.15) is 25.7 Å². The predicted molar refractivity (Wildman–Crippen MR) is 62.1 cm³/mol. The van der Waals surface area contributed by atoms with Crippen molar-refractivity contribution in [3.8, 4) is 0 Å². The van der Waals surface area contributed by atoms with Crippen LogP contribution in [0, 0.1) is 5.92 Å². The van der Waals surface area contributed by atoms with Crippen molar-refractivity contribution in [1.29, 1.82) is 0 Å². The van der Waals surface area contributed by atoms with Crippen LogP contribution < -0.4 is 5.32 Å². The summed E-state index contributed by atoms with van der Waals surface area (Å²) in [4.78, 5) is 13.7. The lowest BCUT2D eigenvalue weighted by atomic mass is 10.0. The lowest BCUT2D eigenvalue weighted by Crippen LogP contribution is -2.44. The molecule has 1 heterocycles. The quantitative estimate of drug-likeness (QED) is 0.691. The number of likely N-dealkylation sites (tertiary alicyclic amines) is 1. The molecule has 1 aliphatic heterocycles. The molecule has 2 aliphatic rings. The summed E-state index contributed by atoms with van der Waals surface area (Å²) in [6.45, 7) is 1.67. The fraction of sp³-hybridized carbons (Fsp3) is 0.750. The summed E-state index contributed by atoms with van der Waals surface area (Å²) < 4.78 is 0. The van der Waals surface area contributed by atoms with E-state index in [9.17, 15) is 4.79 Å². The highest BCUT2D eigenvalue weighted by Gasteiger charge is 2.26. The number of nitrogens with zero attached hydrogens (tertiary/aromatic N) is 1. The van der Waals surface area contributed by atoms with Crippen LogP contribution in [0.15, 0.2) is 12.2 Å². The molecule has 4 nitrogen and oxygen atoms in total. The number of carbonyl (C=O) groups excluding carboxylic acids is 1. The van der Waals surface area contributed by atoms with Gasteiger partial charge in [0, 0.05) is 31.7 Å². The first kappa shape index (κ1) is 11.5. The van der Waals surface area contributed by atoms with Gasteiger partial charge in [0.25, 0.3) is 0 Å². The Hall–Kier alpha value is -1.03. The first-order valence-corrected chi connectivity index (χ1v) is 6.11. The third-order valence-corrected chi connectivity index (χ3v) is 3.43. The molecule has 16 heavy (non-hydrogen) atoms. The molecule has 2 rings (SSSR count). The van der Waals surface area contributed by atoms with Gasteiger partial charge >= 0.3 is 6.03 Å². The van der Waals surface area contributed by atoms with Crippen LogP contribution in [-0.2, 0) is 0 Å². The fourth-order valence-corrected chi connectivity index (χ4v) is 2.36. The van der Waals surface area contributed by atoms with Crippen LogP contribution in [-0.4, -0.2) is 41.8 Å². The molecule has 0 aromatic carbocycles. The molecule has 2 unspecified atom stereocenters. The average molecular weight is 224 g/mol. The van der Waals surface area contributed by atoms with Crippen molar-refractivity contribution in [3.63, 3.8) is 0 Å². The van der Waals surface area contributed by atoms with E-state index in [0.29, 0.717) is 12.6 Å². The number of nitrogens with one attached hydrogen (secondary N) is 1. The smallest absolute Gasteiger partial charge is 0.317 e. The van der Waals surface area contributed by atoms with E-state index < -0.39 is 0 Å². The van der Waals surface area contributed by atoms with Gasteiger partial charge in [0.2, 0.25) is 0 Å². The highest BCUT2D eigenvalue weighted by Crippen LogP contribution is 2.16. The summed E-state index contributed by atoms with van der Waals surface area (Å²) in [5.41, 5.74) is 0. The number of hydrogen-bond donors (Lipinski definition) is 2. The van der Waals surface area contributed by atoms with Crippen LogP contribution >= 0.6 is 0 Å². The zero-order valence-electron chi connectivity index (χ0n) is 9.56. The van der Waals surface area contributed by atoms with Crippen LogP contribution in [0.2, 0.25) is 0 Å². The molecule has 0 saturated carbocycles. The number of rotatable bonds is 2. The van der Waals surface area contributed by atoms with Crippen molar-refractivity contribution in [2.45, 2.75) is 31.7 Å². The molecule has 0 bridgehead atoms. The van der Waals surface area contributed by atoms with Crippen molar-refractivity contribution < 1.29 is 9.90 Å². The van der Waals surface area contributed by atoms with Gasteiger partial charge < -0.3 is 15.3 Å². The van der Waals surface area contributed by atoms with Crippen molar-refractivity contribution in [2.24, 2.45) is 5.92 Å². The number of urea groups is 1. The number of aliphatic hydroxyl groups is 1. The maximum absolute atomic E-state index is 11.9. The van der Waals surface area contributed by atoms with Gasteiger partial charge in [-0.2, -0.15) is 0 Å². The number of allylic oxidation sites excluding steroid dienone is 1. The van der Waals surface area contributed by atoms with E-state index in [1.807, 2.05) is 4.90 Å². The van der Waals surface area contributed by atoms with Crippen molar-refractivity contribution in [3.05, 3.63) is 12.2 Å². The van der Waals surface area contributed by atoms with E-state index in [1.165, 1.54) is 0 Å². The standard InChI is InChI=1S/C12H20N2O2/c15-9-10-6-7-14(8-10)12(16)13-11-4-2-1-3-5-11/h1-2,10-11,15H,3-9H2,(H,13,16). The lowest BCUT2D eigenvalue weighted by molar-refractivity contribution is 0.194. The zero-order valence-corrected chi connectivity index (χ0v) is 9.56. The number of hydrogen-bond acceptors (Lipinski definition) is 2. The minimum Gasteiger partial charge on any atom is -0.396 e. The normalized spacial score (nSPS) is 29.4. The molecule has 1 saturated heterocycles. The average Bonchev–Trinajstić information content (AvgIpc) is 2.79. The molecule has 0 aromatic rings. The number of amides is 2. The third kappa shape index (κ3) is 2.76. The van der Waals surface area contributed by atoms with Gasteiger partial charge in [0.1, 0.15) is 0 Å². The number of aliphatic hydroxyl groups excluding tert-OH is 1. The second-order valence-electron chi connectivity index (χ2n) is 4.71. The van der Waals surface area contributed by atoms with Crippen molar-refractivity contribution >= 4 is 6.03 Å². The Balaban J connectivity index is 1.77. The molecule has 0 radical (unpaired) electrons. The summed E-state index contributed by atoms with van der Waals surface area (Å²) in [5, 5.41) is 12.1. The highest BCUT2D eigenvalue weighted by molar-refractivity contribution is 5.74. The summed E-state index contributed by atoms with van der Waals surface area (Å²) in [6.07, 6.45) is 8.27.